The van der Waals surface area contributed by atoms with Gasteiger partial charge in [0.1, 0.15) is 5.82 Å². The third kappa shape index (κ3) is 3.66. The van der Waals surface area contributed by atoms with Gasteiger partial charge in [0, 0.05) is 42.3 Å². The van der Waals surface area contributed by atoms with Crippen LogP contribution in [0.2, 0.25) is 0 Å². The molecule has 2 fully saturated rings. The summed E-state index contributed by atoms with van der Waals surface area (Å²) in [6, 6.07) is 5.65. The molecule has 1 saturated carbocycles. The van der Waals surface area contributed by atoms with Gasteiger partial charge >= 0.3 is 0 Å². The predicted molar refractivity (Wildman–Crippen MR) is 87.9 cm³/mol. The van der Waals surface area contributed by atoms with Crippen molar-refractivity contribution in [3.05, 3.63) is 34.1 Å². The van der Waals surface area contributed by atoms with Crippen molar-refractivity contribution in [2.45, 2.75) is 38.1 Å². The fourth-order valence-electron chi connectivity index (χ4n) is 3.90. The predicted octanol–water partition coefficient (Wildman–Crippen LogP) is 4.11. The largest absolute Gasteiger partial charge is 0.314 e. The van der Waals surface area contributed by atoms with E-state index in [9.17, 15) is 4.39 Å². The lowest BCUT2D eigenvalue weighted by Crippen LogP contribution is -2.47. The highest BCUT2D eigenvalue weighted by atomic mass is 79.9. The van der Waals surface area contributed by atoms with Gasteiger partial charge in [-0.15, -0.1) is 0 Å². The number of nitrogens with zero attached hydrogens (tertiary/aromatic N) is 1. The van der Waals surface area contributed by atoms with Gasteiger partial charge in [0.25, 0.3) is 0 Å². The number of piperazine rings is 1. The summed E-state index contributed by atoms with van der Waals surface area (Å²) in [5.41, 5.74) is 0.887. The lowest BCUT2D eigenvalue weighted by Gasteiger charge is -2.41. The quantitative estimate of drug-likeness (QED) is 0.878. The molecule has 2 aliphatic rings. The number of benzene rings is 1. The molecule has 21 heavy (non-hydrogen) atoms. The van der Waals surface area contributed by atoms with Gasteiger partial charge in [0.15, 0.2) is 0 Å². The molecule has 3 rings (SSSR count). The molecule has 0 unspecified atom stereocenters. The van der Waals surface area contributed by atoms with E-state index in [1.54, 1.807) is 12.1 Å². The molecule has 0 aromatic heterocycles. The highest BCUT2D eigenvalue weighted by molar-refractivity contribution is 9.10. The average molecular weight is 355 g/mol. The summed E-state index contributed by atoms with van der Waals surface area (Å²) in [5, 5.41) is 3.41. The van der Waals surface area contributed by atoms with Crippen LogP contribution in [0.1, 0.15) is 43.7 Å². The first kappa shape index (κ1) is 15.4. The van der Waals surface area contributed by atoms with E-state index in [-0.39, 0.29) is 11.9 Å². The van der Waals surface area contributed by atoms with Crippen molar-refractivity contribution >= 4 is 15.9 Å². The summed E-state index contributed by atoms with van der Waals surface area (Å²) >= 11 is 3.52. The molecule has 0 spiro atoms. The van der Waals surface area contributed by atoms with Crippen molar-refractivity contribution in [3.8, 4) is 0 Å². The molecule has 0 amide bonds. The van der Waals surface area contributed by atoms with Gasteiger partial charge in [-0.2, -0.15) is 0 Å². The van der Waals surface area contributed by atoms with E-state index < -0.39 is 0 Å². The Kier molecular flexibility index (Phi) is 5.30. The van der Waals surface area contributed by atoms with Crippen molar-refractivity contribution < 1.29 is 4.39 Å². The van der Waals surface area contributed by atoms with Gasteiger partial charge in [-0.05, 0) is 37.0 Å². The van der Waals surface area contributed by atoms with Crippen molar-refractivity contribution in [1.82, 2.24) is 10.2 Å². The van der Waals surface area contributed by atoms with Crippen LogP contribution < -0.4 is 5.32 Å². The average Bonchev–Trinajstić information content (AvgIpc) is 2.53. The molecule has 1 aliphatic heterocycles. The second kappa shape index (κ2) is 7.21. The fraction of sp³-hybridized carbons (Fsp3) is 0.647. The maximum Gasteiger partial charge on any atom is 0.128 e. The van der Waals surface area contributed by atoms with Crippen LogP contribution in [-0.4, -0.2) is 31.1 Å². The van der Waals surface area contributed by atoms with Gasteiger partial charge in [0.2, 0.25) is 0 Å². The second-order valence-corrected chi connectivity index (χ2v) is 7.21. The highest BCUT2D eigenvalue weighted by Gasteiger charge is 2.32. The Morgan fingerprint density at radius 3 is 2.57 bits per heavy atom. The standard InChI is InChI=1S/C17H24BrFN2/c18-14-6-7-16(19)15(12-14)17(13-4-2-1-3-5-13)21-10-8-20-9-11-21/h6-7,12-13,17,20H,1-5,8-11H2/t17-/m0/s1. The smallest absolute Gasteiger partial charge is 0.128 e. The first-order valence-electron chi connectivity index (χ1n) is 8.15. The minimum Gasteiger partial charge on any atom is -0.314 e. The minimum absolute atomic E-state index is 0.0488. The van der Waals surface area contributed by atoms with Crippen LogP contribution in [0.25, 0.3) is 0 Å². The van der Waals surface area contributed by atoms with Crippen LogP contribution in [0.4, 0.5) is 4.39 Å². The summed E-state index contributed by atoms with van der Waals surface area (Å²) in [6.07, 6.45) is 6.40. The van der Waals surface area contributed by atoms with Gasteiger partial charge in [-0.3, -0.25) is 4.90 Å². The summed E-state index contributed by atoms with van der Waals surface area (Å²) in [5.74, 6) is 0.549. The van der Waals surface area contributed by atoms with E-state index in [4.69, 9.17) is 0 Å². The molecular formula is C17H24BrFN2. The molecule has 2 nitrogen and oxygen atoms in total. The Hall–Kier alpha value is -0.450. The van der Waals surface area contributed by atoms with E-state index in [0.29, 0.717) is 5.92 Å². The number of rotatable bonds is 3. The van der Waals surface area contributed by atoms with Crippen LogP contribution in [0.3, 0.4) is 0 Å². The van der Waals surface area contributed by atoms with Crippen molar-refractivity contribution in [3.63, 3.8) is 0 Å². The molecule has 1 atom stereocenters. The zero-order valence-corrected chi connectivity index (χ0v) is 14.0. The van der Waals surface area contributed by atoms with Crippen LogP contribution >= 0.6 is 15.9 Å². The Balaban J connectivity index is 1.91. The number of nitrogens with one attached hydrogen (secondary N) is 1. The van der Waals surface area contributed by atoms with E-state index in [2.05, 4.69) is 26.1 Å². The van der Waals surface area contributed by atoms with Gasteiger partial charge in [0.05, 0.1) is 0 Å². The Morgan fingerprint density at radius 2 is 1.86 bits per heavy atom. The van der Waals surface area contributed by atoms with Crippen LogP contribution in [0.15, 0.2) is 22.7 Å². The Morgan fingerprint density at radius 1 is 1.14 bits per heavy atom. The van der Waals surface area contributed by atoms with E-state index in [1.807, 2.05) is 6.07 Å². The molecule has 1 saturated heterocycles. The molecule has 1 heterocycles. The maximum atomic E-state index is 14.5. The monoisotopic (exact) mass is 354 g/mol. The van der Waals surface area contributed by atoms with Gasteiger partial charge < -0.3 is 5.32 Å². The van der Waals surface area contributed by atoms with Crippen molar-refractivity contribution in [1.29, 1.82) is 0 Å². The summed E-state index contributed by atoms with van der Waals surface area (Å²) in [4.78, 5) is 2.50. The van der Waals surface area contributed by atoms with Gasteiger partial charge in [-0.1, -0.05) is 35.2 Å². The molecule has 1 N–H and O–H groups in total. The van der Waals surface area contributed by atoms with Crippen molar-refractivity contribution in [2.24, 2.45) is 5.92 Å². The van der Waals surface area contributed by atoms with Gasteiger partial charge in [-0.25, -0.2) is 4.39 Å². The fourth-order valence-corrected chi connectivity index (χ4v) is 4.28. The lowest BCUT2D eigenvalue weighted by molar-refractivity contribution is 0.101. The molecule has 1 aliphatic carbocycles. The highest BCUT2D eigenvalue weighted by Crippen LogP contribution is 2.40. The first-order valence-corrected chi connectivity index (χ1v) is 8.95. The number of hydrogen-bond donors (Lipinski definition) is 1. The molecular weight excluding hydrogens is 331 g/mol. The summed E-state index contributed by atoms with van der Waals surface area (Å²) in [7, 11) is 0. The molecule has 0 bridgehead atoms. The first-order chi connectivity index (χ1) is 10.3. The van der Waals surface area contributed by atoms with E-state index in [1.165, 1.54) is 32.1 Å². The van der Waals surface area contributed by atoms with E-state index in [0.717, 1.165) is 36.2 Å². The molecule has 1 aromatic rings. The summed E-state index contributed by atoms with van der Waals surface area (Å²) < 4.78 is 15.4. The minimum atomic E-state index is -0.0488. The molecule has 4 heteroatoms. The SMILES string of the molecule is Fc1ccc(Br)cc1[C@H](C1CCCCC1)N1CCNCC1. The molecule has 0 radical (unpaired) electrons. The van der Waals surface area contributed by atoms with Crippen LogP contribution in [0, 0.1) is 11.7 Å². The number of halogens is 2. The topological polar surface area (TPSA) is 15.3 Å². The third-order valence-electron chi connectivity index (χ3n) is 4.92. The zero-order valence-electron chi connectivity index (χ0n) is 12.5. The molecule has 116 valence electrons. The zero-order chi connectivity index (χ0) is 14.7. The Labute approximate surface area is 135 Å². The van der Waals surface area contributed by atoms with Crippen LogP contribution in [0.5, 0.6) is 0 Å². The number of hydrogen-bond acceptors (Lipinski definition) is 2. The normalized spacial score (nSPS) is 23.1. The second-order valence-electron chi connectivity index (χ2n) is 6.29. The maximum absolute atomic E-state index is 14.5. The molecule has 1 aromatic carbocycles. The van der Waals surface area contributed by atoms with Crippen LogP contribution in [-0.2, 0) is 0 Å². The third-order valence-corrected chi connectivity index (χ3v) is 5.41. The summed E-state index contributed by atoms with van der Waals surface area (Å²) in [6.45, 7) is 4.07. The Bertz CT molecular complexity index is 450. The van der Waals surface area contributed by atoms with E-state index >= 15 is 0 Å². The van der Waals surface area contributed by atoms with Crippen molar-refractivity contribution in [2.75, 3.05) is 26.2 Å². The lowest BCUT2D eigenvalue weighted by atomic mass is 9.80.